The van der Waals surface area contributed by atoms with E-state index in [0.717, 1.165) is 0 Å². The molecule has 0 saturated heterocycles. The van der Waals surface area contributed by atoms with Gasteiger partial charge < -0.3 is 19.5 Å². The van der Waals surface area contributed by atoms with Crippen LogP contribution in [0.3, 0.4) is 0 Å². The van der Waals surface area contributed by atoms with Crippen molar-refractivity contribution in [2.24, 2.45) is 0 Å². The summed E-state index contributed by atoms with van der Waals surface area (Å²) in [7, 11) is 0. The highest BCUT2D eigenvalue weighted by atomic mass is 35.5. The fourth-order valence-electron chi connectivity index (χ4n) is 2.01. The Kier molecular flexibility index (Phi) is 7.92. The molecule has 0 bridgehead atoms. The molecule has 0 saturated carbocycles. The molecule has 0 atom stereocenters. The highest BCUT2D eigenvalue weighted by Gasteiger charge is 2.09. The van der Waals surface area contributed by atoms with Gasteiger partial charge in [-0.15, -0.1) is 0 Å². The number of anilines is 1. The highest BCUT2D eigenvalue weighted by molar-refractivity contribution is 6.32. The molecule has 1 amide bonds. The smallest absolute Gasteiger partial charge is 0.338 e. The molecule has 7 heteroatoms. The van der Waals surface area contributed by atoms with Crippen LogP contribution in [0.2, 0.25) is 5.02 Å². The first kappa shape index (κ1) is 19.8. The minimum Gasteiger partial charge on any atom is -0.482 e. The van der Waals surface area contributed by atoms with E-state index in [1.54, 1.807) is 48.5 Å². The summed E-state index contributed by atoms with van der Waals surface area (Å²) in [6, 6.07) is 13.3. The van der Waals surface area contributed by atoms with Gasteiger partial charge in [-0.05, 0) is 43.3 Å². The number of rotatable bonds is 9. The van der Waals surface area contributed by atoms with Crippen molar-refractivity contribution >= 4 is 29.2 Å². The van der Waals surface area contributed by atoms with Crippen molar-refractivity contribution < 1.29 is 23.8 Å². The monoisotopic (exact) mass is 377 g/mol. The minimum absolute atomic E-state index is 0.176. The molecule has 26 heavy (non-hydrogen) atoms. The number of hydrogen-bond acceptors (Lipinski definition) is 5. The number of carbonyl (C=O) groups excluding carboxylic acids is 2. The molecule has 0 radical (unpaired) electrons. The van der Waals surface area contributed by atoms with Gasteiger partial charge in [-0.2, -0.15) is 0 Å². The minimum atomic E-state index is -0.440. The van der Waals surface area contributed by atoms with E-state index >= 15 is 0 Å². The van der Waals surface area contributed by atoms with Crippen molar-refractivity contribution in [1.82, 2.24) is 0 Å². The molecule has 6 nitrogen and oxygen atoms in total. The highest BCUT2D eigenvalue weighted by Crippen LogP contribution is 2.23. The average molecular weight is 378 g/mol. The largest absolute Gasteiger partial charge is 0.482 e. The number of amides is 1. The lowest BCUT2D eigenvalue weighted by atomic mass is 10.2. The van der Waals surface area contributed by atoms with Crippen LogP contribution in [0.5, 0.6) is 5.75 Å². The van der Waals surface area contributed by atoms with E-state index in [2.05, 4.69) is 5.32 Å². The summed E-state index contributed by atoms with van der Waals surface area (Å²) in [6.45, 7) is 2.83. The van der Waals surface area contributed by atoms with Crippen LogP contribution < -0.4 is 10.1 Å². The van der Waals surface area contributed by atoms with Gasteiger partial charge in [0.05, 0.1) is 17.2 Å². The maximum Gasteiger partial charge on any atom is 0.338 e. The second kappa shape index (κ2) is 10.4. The molecule has 2 aromatic rings. The second-order valence-corrected chi connectivity index (χ2v) is 5.58. The standard InChI is InChI=1S/C19H20ClNO5/c1-2-24-11-12-25-19(23)14-7-9-15(10-8-14)21-18(22)13-26-17-6-4-3-5-16(17)20/h3-10H,2,11-13H2,1H3,(H,21,22). The van der Waals surface area contributed by atoms with Crippen molar-refractivity contribution in [3.8, 4) is 5.75 Å². The zero-order chi connectivity index (χ0) is 18.8. The Labute approximate surface area is 157 Å². The Morgan fingerprint density at radius 2 is 1.77 bits per heavy atom. The second-order valence-electron chi connectivity index (χ2n) is 5.18. The quantitative estimate of drug-likeness (QED) is 0.534. The van der Waals surface area contributed by atoms with E-state index in [1.165, 1.54) is 0 Å². The van der Waals surface area contributed by atoms with Gasteiger partial charge in [-0.1, -0.05) is 23.7 Å². The average Bonchev–Trinajstić information content (AvgIpc) is 2.65. The molecule has 0 unspecified atom stereocenters. The van der Waals surface area contributed by atoms with Gasteiger partial charge >= 0.3 is 5.97 Å². The van der Waals surface area contributed by atoms with Gasteiger partial charge in [0.25, 0.3) is 5.91 Å². The Bertz CT molecular complexity index is 733. The van der Waals surface area contributed by atoms with Gasteiger partial charge in [0.2, 0.25) is 0 Å². The Morgan fingerprint density at radius 3 is 2.46 bits per heavy atom. The van der Waals surface area contributed by atoms with E-state index < -0.39 is 5.97 Å². The van der Waals surface area contributed by atoms with Crippen LogP contribution in [0.1, 0.15) is 17.3 Å². The number of nitrogens with one attached hydrogen (secondary N) is 1. The summed E-state index contributed by atoms with van der Waals surface area (Å²) >= 11 is 5.96. The van der Waals surface area contributed by atoms with Gasteiger partial charge in [-0.25, -0.2) is 4.79 Å². The molecule has 2 rings (SSSR count). The third-order valence-electron chi connectivity index (χ3n) is 3.26. The predicted octanol–water partition coefficient (Wildman–Crippen LogP) is 3.55. The lowest BCUT2D eigenvalue weighted by Gasteiger charge is -2.09. The van der Waals surface area contributed by atoms with Gasteiger partial charge in [-0.3, -0.25) is 4.79 Å². The molecule has 1 N–H and O–H groups in total. The maximum absolute atomic E-state index is 11.9. The maximum atomic E-state index is 11.9. The third-order valence-corrected chi connectivity index (χ3v) is 3.58. The summed E-state index contributed by atoms with van der Waals surface area (Å²) in [6.07, 6.45) is 0. The predicted molar refractivity (Wildman–Crippen MR) is 98.8 cm³/mol. The molecule has 0 aliphatic carbocycles. The van der Waals surface area contributed by atoms with Crippen LogP contribution in [0, 0.1) is 0 Å². The van der Waals surface area contributed by atoms with Crippen molar-refractivity contribution in [2.45, 2.75) is 6.92 Å². The Balaban J connectivity index is 1.80. The topological polar surface area (TPSA) is 73.9 Å². The number of benzene rings is 2. The summed E-state index contributed by atoms with van der Waals surface area (Å²) in [5, 5.41) is 3.12. The lowest BCUT2D eigenvalue weighted by molar-refractivity contribution is -0.118. The molecule has 0 aromatic heterocycles. The molecule has 2 aromatic carbocycles. The number of para-hydroxylation sites is 1. The van der Waals surface area contributed by atoms with Crippen molar-refractivity contribution in [2.75, 3.05) is 31.7 Å². The number of halogens is 1. The van der Waals surface area contributed by atoms with E-state index in [4.69, 9.17) is 25.8 Å². The van der Waals surface area contributed by atoms with Crippen LogP contribution >= 0.6 is 11.6 Å². The normalized spacial score (nSPS) is 10.2. The van der Waals surface area contributed by atoms with Crippen LogP contribution in [-0.4, -0.2) is 38.3 Å². The van der Waals surface area contributed by atoms with E-state index in [-0.39, 0.29) is 19.1 Å². The Morgan fingerprint density at radius 1 is 1.04 bits per heavy atom. The van der Waals surface area contributed by atoms with Gasteiger partial charge in [0.1, 0.15) is 12.4 Å². The van der Waals surface area contributed by atoms with Gasteiger partial charge in [0, 0.05) is 12.3 Å². The number of ether oxygens (including phenoxy) is 3. The molecule has 0 spiro atoms. The molecular formula is C19H20ClNO5. The van der Waals surface area contributed by atoms with Crippen molar-refractivity contribution in [3.05, 3.63) is 59.1 Å². The summed E-state index contributed by atoms with van der Waals surface area (Å²) in [5.41, 5.74) is 0.940. The fourth-order valence-corrected chi connectivity index (χ4v) is 2.20. The first-order valence-corrected chi connectivity index (χ1v) is 8.50. The molecule has 138 valence electrons. The first-order chi connectivity index (χ1) is 12.6. The zero-order valence-electron chi connectivity index (χ0n) is 14.4. The zero-order valence-corrected chi connectivity index (χ0v) is 15.1. The third kappa shape index (κ3) is 6.38. The molecule has 0 aliphatic rings. The van der Waals surface area contributed by atoms with Crippen LogP contribution in [0.4, 0.5) is 5.69 Å². The van der Waals surface area contributed by atoms with E-state index in [1.807, 2.05) is 6.92 Å². The lowest BCUT2D eigenvalue weighted by Crippen LogP contribution is -2.20. The molecule has 0 heterocycles. The molecule has 0 aliphatic heterocycles. The van der Waals surface area contributed by atoms with Crippen molar-refractivity contribution in [1.29, 1.82) is 0 Å². The summed E-state index contributed by atoms with van der Waals surface area (Å²) in [5.74, 6) is -0.337. The van der Waals surface area contributed by atoms with E-state index in [9.17, 15) is 9.59 Å². The fraction of sp³-hybridized carbons (Fsp3) is 0.263. The SMILES string of the molecule is CCOCCOC(=O)c1ccc(NC(=O)COc2ccccc2Cl)cc1. The first-order valence-electron chi connectivity index (χ1n) is 8.12. The van der Waals surface area contributed by atoms with Crippen molar-refractivity contribution in [3.63, 3.8) is 0 Å². The van der Waals surface area contributed by atoms with Crippen LogP contribution in [0.15, 0.2) is 48.5 Å². The van der Waals surface area contributed by atoms with E-state index in [0.29, 0.717) is 35.2 Å². The molecular weight excluding hydrogens is 358 g/mol. The summed E-state index contributed by atoms with van der Waals surface area (Å²) < 4.78 is 15.5. The number of esters is 1. The number of carbonyl (C=O) groups is 2. The molecule has 0 fully saturated rings. The Hall–Kier alpha value is -2.57. The van der Waals surface area contributed by atoms with Gasteiger partial charge in [0.15, 0.2) is 6.61 Å². The summed E-state index contributed by atoms with van der Waals surface area (Å²) in [4.78, 5) is 23.8. The van der Waals surface area contributed by atoms with Crippen LogP contribution in [0.25, 0.3) is 0 Å². The number of hydrogen-bond donors (Lipinski definition) is 1. The van der Waals surface area contributed by atoms with Crippen LogP contribution in [-0.2, 0) is 14.3 Å².